The van der Waals surface area contributed by atoms with Gasteiger partial charge in [0, 0.05) is 0 Å². The molecule has 0 radical (unpaired) electrons. The summed E-state index contributed by atoms with van der Waals surface area (Å²) in [7, 11) is 0. The number of rotatable bonds is 7. The Kier molecular flexibility index (Phi) is 5.24. The van der Waals surface area contributed by atoms with E-state index in [1.54, 1.807) is 0 Å². The van der Waals surface area contributed by atoms with Crippen molar-refractivity contribution in [3.63, 3.8) is 0 Å². The number of aromatic nitrogens is 2. The van der Waals surface area contributed by atoms with Crippen molar-refractivity contribution in [1.29, 1.82) is 0 Å². The molecule has 0 fully saturated rings. The summed E-state index contributed by atoms with van der Waals surface area (Å²) < 4.78 is 8.51. The highest BCUT2D eigenvalue weighted by Crippen LogP contribution is 2.25. The van der Waals surface area contributed by atoms with Crippen LogP contribution in [0.5, 0.6) is 5.75 Å². The van der Waals surface area contributed by atoms with Gasteiger partial charge in [0.15, 0.2) is 0 Å². The first-order valence-electron chi connectivity index (χ1n) is 10.6. The van der Waals surface area contributed by atoms with E-state index in [0.29, 0.717) is 6.61 Å². The highest BCUT2D eigenvalue weighted by Gasteiger charge is 2.13. The first-order valence-corrected chi connectivity index (χ1v) is 10.6. The monoisotopic (exact) mass is 404 g/mol. The van der Waals surface area contributed by atoms with Gasteiger partial charge in [0.2, 0.25) is 0 Å². The Labute approximate surface area is 182 Å². The molecule has 0 atom stereocenters. The Bertz CT molecular complexity index is 1360. The van der Waals surface area contributed by atoms with Crippen LogP contribution < -0.4 is 4.74 Å². The molecule has 1 heterocycles. The molecule has 0 N–H and O–H groups in total. The van der Waals surface area contributed by atoms with Crippen LogP contribution in [0.1, 0.15) is 17.0 Å². The minimum atomic E-state index is 0.410. The second-order valence-electron chi connectivity index (χ2n) is 7.63. The number of fused-ring (bicyclic) bond motifs is 2. The lowest BCUT2D eigenvalue weighted by molar-refractivity contribution is 0.289. The molecule has 1 aromatic heterocycles. The summed E-state index contributed by atoms with van der Waals surface area (Å²) in [5.74, 6) is 1.80. The molecular weight excluding hydrogens is 380 g/mol. The lowest BCUT2D eigenvalue weighted by Gasteiger charge is -2.14. The minimum absolute atomic E-state index is 0.410. The van der Waals surface area contributed by atoms with Gasteiger partial charge in [-0.2, -0.15) is 0 Å². The molecule has 0 saturated carbocycles. The summed E-state index contributed by atoms with van der Waals surface area (Å²) in [5, 5.41) is 2.52. The zero-order chi connectivity index (χ0) is 21.0. The molecule has 0 bridgehead atoms. The smallest absolute Gasteiger partial charge is 0.148 e. The summed E-state index contributed by atoms with van der Waals surface area (Å²) in [6.45, 7) is 5.01. The lowest BCUT2D eigenvalue weighted by Crippen LogP contribution is -2.09. The fourth-order valence-corrected chi connectivity index (χ4v) is 4.12. The average molecular weight is 405 g/mol. The van der Waals surface area contributed by atoms with Crippen LogP contribution in [0.25, 0.3) is 21.8 Å². The first-order chi connectivity index (χ1) is 15.3. The van der Waals surface area contributed by atoms with Gasteiger partial charge in [-0.15, -0.1) is 6.58 Å². The molecule has 5 rings (SSSR count). The van der Waals surface area contributed by atoms with Crippen molar-refractivity contribution in [3.05, 3.63) is 121 Å². The van der Waals surface area contributed by atoms with Crippen LogP contribution in [0.4, 0.5) is 0 Å². The number of benzene rings is 4. The molecule has 0 unspecified atom stereocenters. The van der Waals surface area contributed by atoms with E-state index < -0.39 is 0 Å². The van der Waals surface area contributed by atoms with Crippen LogP contribution in [0, 0.1) is 0 Å². The van der Waals surface area contributed by atoms with Gasteiger partial charge in [0.1, 0.15) is 18.2 Å². The average Bonchev–Trinajstić information content (AvgIpc) is 3.16. The van der Waals surface area contributed by atoms with Crippen molar-refractivity contribution in [2.45, 2.75) is 19.6 Å². The maximum atomic E-state index is 6.24. The molecule has 3 heteroatoms. The van der Waals surface area contributed by atoms with Gasteiger partial charge in [-0.25, -0.2) is 4.98 Å². The summed E-state index contributed by atoms with van der Waals surface area (Å²) in [6, 6.07) is 31.4. The van der Waals surface area contributed by atoms with Gasteiger partial charge in [-0.3, -0.25) is 0 Å². The number of ether oxygens (including phenoxy) is 1. The Morgan fingerprint density at radius 1 is 0.806 bits per heavy atom. The largest absolute Gasteiger partial charge is 0.485 e. The molecular formula is C28H24N2O. The number of para-hydroxylation sites is 3. The summed E-state index contributed by atoms with van der Waals surface area (Å²) >= 11 is 0. The Morgan fingerprint density at radius 3 is 2.48 bits per heavy atom. The highest BCUT2D eigenvalue weighted by atomic mass is 16.5. The molecule has 0 aliphatic carbocycles. The zero-order valence-corrected chi connectivity index (χ0v) is 17.4. The van der Waals surface area contributed by atoms with Crippen LogP contribution in [0.15, 0.2) is 104 Å². The van der Waals surface area contributed by atoms with Crippen molar-refractivity contribution in [3.8, 4) is 5.75 Å². The van der Waals surface area contributed by atoms with Crippen LogP contribution in [0.3, 0.4) is 0 Å². The first kappa shape index (κ1) is 19.1. The predicted octanol–water partition coefficient (Wildman–Crippen LogP) is 6.55. The molecule has 31 heavy (non-hydrogen) atoms. The minimum Gasteiger partial charge on any atom is -0.485 e. The third-order valence-corrected chi connectivity index (χ3v) is 5.64. The molecule has 5 aromatic rings. The van der Waals surface area contributed by atoms with Crippen LogP contribution in [-0.2, 0) is 19.6 Å². The number of nitrogens with zero attached hydrogens (tertiary/aromatic N) is 2. The topological polar surface area (TPSA) is 27.1 Å². The Balaban J connectivity index is 1.52. The molecule has 0 aliphatic rings. The molecule has 0 aliphatic heterocycles. The number of hydrogen-bond donors (Lipinski definition) is 0. The van der Waals surface area contributed by atoms with Gasteiger partial charge in [0.05, 0.1) is 17.6 Å². The van der Waals surface area contributed by atoms with Gasteiger partial charge in [-0.05, 0) is 46.5 Å². The summed E-state index contributed by atoms with van der Waals surface area (Å²) in [4.78, 5) is 4.90. The van der Waals surface area contributed by atoms with Crippen molar-refractivity contribution in [1.82, 2.24) is 9.55 Å². The molecule has 152 valence electrons. The predicted molar refractivity (Wildman–Crippen MR) is 127 cm³/mol. The third kappa shape index (κ3) is 3.82. The zero-order valence-electron chi connectivity index (χ0n) is 17.4. The van der Waals surface area contributed by atoms with E-state index in [-0.39, 0.29) is 0 Å². The van der Waals surface area contributed by atoms with E-state index in [2.05, 4.69) is 77.9 Å². The van der Waals surface area contributed by atoms with Gasteiger partial charge in [0.25, 0.3) is 0 Å². The quantitative estimate of drug-likeness (QED) is 0.288. The Morgan fingerprint density at radius 2 is 1.55 bits per heavy atom. The molecule has 0 saturated heterocycles. The van der Waals surface area contributed by atoms with E-state index in [9.17, 15) is 0 Å². The van der Waals surface area contributed by atoms with Crippen molar-refractivity contribution in [2.24, 2.45) is 0 Å². The van der Waals surface area contributed by atoms with Gasteiger partial charge < -0.3 is 9.30 Å². The Hall–Kier alpha value is -3.85. The number of allylic oxidation sites excluding steroid dienone is 1. The van der Waals surface area contributed by atoms with E-state index in [4.69, 9.17) is 9.72 Å². The fraction of sp³-hybridized carbons (Fsp3) is 0.107. The van der Waals surface area contributed by atoms with Gasteiger partial charge in [-0.1, -0.05) is 78.9 Å². The maximum absolute atomic E-state index is 6.24. The normalized spacial score (nSPS) is 11.1. The molecule has 4 aromatic carbocycles. The van der Waals surface area contributed by atoms with Crippen molar-refractivity contribution < 1.29 is 4.74 Å². The number of imidazole rings is 1. The van der Waals surface area contributed by atoms with E-state index in [0.717, 1.165) is 41.1 Å². The summed E-state index contributed by atoms with van der Waals surface area (Å²) in [5.41, 5.74) is 4.51. The highest BCUT2D eigenvalue weighted by molar-refractivity contribution is 5.86. The van der Waals surface area contributed by atoms with Crippen LogP contribution in [0.2, 0.25) is 0 Å². The second-order valence-corrected chi connectivity index (χ2v) is 7.63. The van der Waals surface area contributed by atoms with E-state index in [1.165, 1.54) is 16.3 Å². The summed E-state index contributed by atoms with van der Waals surface area (Å²) in [6.07, 6.45) is 2.68. The van der Waals surface area contributed by atoms with Crippen molar-refractivity contribution >= 4 is 21.8 Å². The van der Waals surface area contributed by atoms with Crippen LogP contribution >= 0.6 is 0 Å². The third-order valence-electron chi connectivity index (χ3n) is 5.64. The molecule has 0 spiro atoms. The molecule has 0 amide bonds. The SMILES string of the molecule is C=CCc1ccccc1OCc1nc2ccccc2n1Cc1cccc2ccccc12. The van der Waals surface area contributed by atoms with Crippen molar-refractivity contribution in [2.75, 3.05) is 0 Å². The molecule has 3 nitrogen and oxygen atoms in total. The lowest BCUT2D eigenvalue weighted by atomic mass is 10.0. The fourth-order valence-electron chi connectivity index (χ4n) is 4.12. The standard InChI is InChI=1S/C28H24N2O/c1-2-10-22-12-4-8-18-27(22)31-20-28-29-25-16-6-7-17-26(25)30(28)19-23-14-9-13-21-11-3-5-15-24(21)23/h2-9,11-18H,1,10,19-20H2. The maximum Gasteiger partial charge on any atom is 0.148 e. The van der Waals surface area contributed by atoms with E-state index in [1.807, 2.05) is 30.3 Å². The van der Waals surface area contributed by atoms with Crippen LogP contribution in [-0.4, -0.2) is 9.55 Å². The van der Waals surface area contributed by atoms with E-state index >= 15 is 0 Å². The van der Waals surface area contributed by atoms with Gasteiger partial charge >= 0.3 is 0 Å². The second kappa shape index (κ2) is 8.49. The number of hydrogen-bond acceptors (Lipinski definition) is 2.